The van der Waals surface area contributed by atoms with Gasteiger partial charge in [-0.1, -0.05) is 122 Å². The Hall–Kier alpha value is -5.34. The largest absolute Gasteiger partial charge is 0.255 e. The molecular formula is C42H34N2. The SMILES string of the molecule is C=CCC(/C=C\CC)c1c2ccccc2c(-c2cccc3c(-c4cccc(-c5ccccn5)n4)cccc23)c2ccccc12. The number of nitrogens with zero attached hydrogens (tertiary/aromatic N) is 2. The molecule has 7 aromatic rings. The second kappa shape index (κ2) is 12.1. The van der Waals surface area contributed by atoms with Crippen molar-refractivity contribution < 1.29 is 0 Å². The molecule has 0 N–H and O–H groups in total. The predicted molar refractivity (Wildman–Crippen MR) is 188 cm³/mol. The molecule has 2 aromatic heterocycles. The molecule has 0 saturated heterocycles. The summed E-state index contributed by atoms with van der Waals surface area (Å²) < 4.78 is 0. The molecule has 7 rings (SSSR count). The van der Waals surface area contributed by atoms with Crippen LogP contribution in [0, 0.1) is 0 Å². The molecule has 0 spiro atoms. The molecule has 1 atom stereocenters. The van der Waals surface area contributed by atoms with E-state index in [1.807, 2.05) is 36.5 Å². The molecule has 0 saturated carbocycles. The van der Waals surface area contributed by atoms with E-state index in [2.05, 4.69) is 128 Å². The number of hydrogen-bond donors (Lipinski definition) is 0. The van der Waals surface area contributed by atoms with Crippen molar-refractivity contribution >= 4 is 32.3 Å². The molecular weight excluding hydrogens is 532 g/mol. The van der Waals surface area contributed by atoms with E-state index in [1.54, 1.807) is 0 Å². The number of hydrogen-bond acceptors (Lipinski definition) is 2. The zero-order chi connectivity index (χ0) is 29.9. The molecule has 2 nitrogen and oxygen atoms in total. The van der Waals surface area contributed by atoms with Crippen molar-refractivity contribution in [1.82, 2.24) is 9.97 Å². The molecule has 0 aliphatic carbocycles. The Labute approximate surface area is 259 Å². The molecule has 1 unspecified atom stereocenters. The van der Waals surface area contributed by atoms with E-state index in [1.165, 1.54) is 49.0 Å². The summed E-state index contributed by atoms with van der Waals surface area (Å²) in [4.78, 5) is 9.59. The first kappa shape index (κ1) is 27.5. The van der Waals surface area contributed by atoms with Crippen molar-refractivity contribution in [3.63, 3.8) is 0 Å². The van der Waals surface area contributed by atoms with Gasteiger partial charge in [0.25, 0.3) is 0 Å². The summed E-state index contributed by atoms with van der Waals surface area (Å²) in [5.41, 5.74) is 7.68. The lowest BCUT2D eigenvalue weighted by molar-refractivity contribution is 0.876. The first-order valence-corrected chi connectivity index (χ1v) is 15.4. The molecule has 0 aliphatic heterocycles. The Morgan fingerprint density at radius 3 is 1.82 bits per heavy atom. The van der Waals surface area contributed by atoms with Gasteiger partial charge in [-0.3, -0.25) is 4.98 Å². The maximum Gasteiger partial charge on any atom is 0.0893 e. The van der Waals surface area contributed by atoms with Crippen molar-refractivity contribution in [2.75, 3.05) is 0 Å². The van der Waals surface area contributed by atoms with E-state index < -0.39 is 0 Å². The highest BCUT2D eigenvalue weighted by molar-refractivity contribution is 6.19. The van der Waals surface area contributed by atoms with Crippen LogP contribution in [-0.2, 0) is 0 Å². The Kier molecular flexibility index (Phi) is 7.56. The van der Waals surface area contributed by atoms with Gasteiger partial charge in [0, 0.05) is 17.7 Å². The van der Waals surface area contributed by atoms with E-state index in [4.69, 9.17) is 4.98 Å². The van der Waals surface area contributed by atoms with Crippen LogP contribution in [0.3, 0.4) is 0 Å². The van der Waals surface area contributed by atoms with Crippen LogP contribution in [0.15, 0.2) is 152 Å². The normalized spacial score (nSPS) is 12.3. The number of fused-ring (bicyclic) bond motifs is 3. The fourth-order valence-corrected chi connectivity index (χ4v) is 6.62. The quantitative estimate of drug-likeness (QED) is 0.135. The standard InChI is InChI=1S/C42H34N2/c1-3-5-16-29(15-4-2)41-34-17-6-8-19-36(34)42(37-20-9-7-18-35(37)41)33-24-13-21-30-31(33)22-12-23-32(30)38-26-14-27-40(44-38)39-25-10-11-28-43-39/h4-14,16-29H,2-3,15H2,1H3/b16-5-. The van der Waals surface area contributed by atoms with Crippen LogP contribution in [0.25, 0.3) is 66.1 Å². The number of pyridine rings is 2. The summed E-state index contributed by atoms with van der Waals surface area (Å²) in [6.07, 6.45) is 10.4. The summed E-state index contributed by atoms with van der Waals surface area (Å²) in [7, 11) is 0. The molecule has 0 amide bonds. The van der Waals surface area contributed by atoms with Gasteiger partial charge in [-0.2, -0.15) is 0 Å². The number of allylic oxidation sites excluding steroid dienone is 3. The Bertz CT molecular complexity index is 2100. The maximum absolute atomic E-state index is 5.06. The van der Waals surface area contributed by atoms with Crippen molar-refractivity contribution in [2.45, 2.75) is 25.7 Å². The smallest absolute Gasteiger partial charge is 0.0893 e. The van der Waals surface area contributed by atoms with Crippen molar-refractivity contribution in [3.05, 3.63) is 158 Å². The zero-order valence-electron chi connectivity index (χ0n) is 24.9. The van der Waals surface area contributed by atoms with Crippen LogP contribution in [0.2, 0.25) is 0 Å². The molecule has 0 bridgehead atoms. The second-order valence-electron chi connectivity index (χ2n) is 11.2. The maximum atomic E-state index is 5.06. The average molecular weight is 567 g/mol. The van der Waals surface area contributed by atoms with Crippen LogP contribution >= 0.6 is 0 Å². The summed E-state index contributed by atoms with van der Waals surface area (Å²) in [5.74, 6) is 0.257. The Morgan fingerprint density at radius 2 is 1.16 bits per heavy atom. The minimum absolute atomic E-state index is 0.257. The summed E-state index contributed by atoms with van der Waals surface area (Å²) in [6.45, 7) is 6.30. The van der Waals surface area contributed by atoms with Crippen LogP contribution in [0.5, 0.6) is 0 Å². The molecule has 5 aromatic carbocycles. The van der Waals surface area contributed by atoms with Crippen molar-refractivity contribution in [2.24, 2.45) is 0 Å². The lowest BCUT2D eigenvalue weighted by Gasteiger charge is -2.22. The number of benzene rings is 5. The van der Waals surface area contributed by atoms with Gasteiger partial charge in [-0.25, -0.2) is 4.98 Å². The molecule has 2 heteroatoms. The molecule has 2 heterocycles. The zero-order valence-corrected chi connectivity index (χ0v) is 24.9. The van der Waals surface area contributed by atoms with Gasteiger partial charge in [0.2, 0.25) is 0 Å². The Morgan fingerprint density at radius 1 is 0.591 bits per heavy atom. The molecule has 0 fully saturated rings. The first-order chi connectivity index (χ1) is 21.8. The first-order valence-electron chi connectivity index (χ1n) is 15.4. The average Bonchev–Trinajstić information content (AvgIpc) is 3.09. The number of rotatable bonds is 8. The summed E-state index contributed by atoms with van der Waals surface area (Å²) in [5, 5.41) is 7.54. The van der Waals surface area contributed by atoms with E-state index in [9.17, 15) is 0 Å². The Balaban J connectivity index is 1.49. The third kappa shape index (κ3) is 4.89. The van der Waals surface area contributed by atoms with E-state index in [0.29, 0.717) is 0 Å². The predicted octanol–water partition coefficient (Wildman–Crippen LogP) is 11.6. The second-order valence-corrected chi connectivity index (χ2v) is 11.2. The van der Waals surface area contributed by atoms with Crippen LogP contribution < -0.4 is 0 Å². The highest BCUT2D eigenvalue weighted by Crippen LogP contribution is 2.45. The summed E-state index contributed by atoms with van der Waals surface area (Å²) >= 11 is 0. The van der Waals surface area contributed by atoms with Crippen LogP contribution in [-0.4, -0.2) is 9.97 Å². The van der Waals surface area contributed by atoms with Crippen molar-refractivity contribution in [3.8, 4) is 33.8 Å². The number of aromatic nitrogens is 2. The van der Waals surface area contributed by atoms with Gasteiger partial charge < -0.3 is 0 Å². The van der Waals surface area contributed by atoms with Crippen LogP contribution in [0.4, 0.5) is 0 Å². The fraction of sp³-hybridized carbons (Fsp3) is 0.0952. The topological polar surface area (TPSA) is 25.8 Å². The van der Waals surface area contributed by atoms with Gasteiger partial charge in [-0.15, -0.1) is 6.58 Å². The van der Waals surface area contributed by atoms with E-state index in [-0.39, 0.29) is 5.92 Å². The lowest BCUT2D eigenvalue weighted by atomic mass is 9.81. The van der Waals surface area contributed by atoms with Crippen molar-refractivity contribution in [1.29, 1.82) is 0 Å². The van der Waals surface area contributed by atoms with Crippen LogP contribution in [0.1, 0.15) is 31.2 Å². The minimum atomic E-state index is 0.257. The van der Waals surface area contributed by atoms with Gasteiger partial charge in [0.15, 0.2) is 0 Å². The van der Waals surface area contributed by atoms with E-state index in [0.717, 1.165) is 35.5 Å². The lowest BCUT2D eigenvalue weighted by Crippen LogP contribution is -1.99. The third-order valence-electron chi connectivity index (χ3n) is 8.51. The van der Waals surface area contributed by atoms with Gasteiger partial charge in [0.1, 0.15) is 0 Å². The summed E-state index contributed by atoms with van der Waals surface area (Å²) in [6, 6.07) is 43.2. The molecule has 0 aliphatic rings. The van der Waals surface area contributed by atoms with E-state index >= 15 is 0 Å². The van der Waals surface area contributed by atoms with Gasteiger partial charge >= 0.3 is 0 Å². The van der Waals surface area contributed by atoms with Gasteiger partial charge in [-0.05, 0) is 86.1 Å². The molecule has 0 radical (unpaired) electrons. The highest BCUT2D eigenvalue weighted by atomic mass is 14.8. The van der Waals surface area contributed by atoms with Gasteiger partial charge in [0.05, 0.1) is 17.1 Å². The molecule has 212 valence electrons. The third-order valence-corrected chi connectivity index (χ3v) is 8.51. The monoisotopic (exact) mass is 566 g/mol. The molecule has 44 heavy (non-hydrogen) atoms. The minimum Gasteiger partial charge on any atom is -0.255 e. The highest BCUT2D eigenvalue weighted by Gasteiger charge is 2.21. The fourth-order valence-electron chi connectivity index (χ4n) is 6.62.